The van der Waals surface area contributed by atoms with Gasteiger partial charge in [0.2, 0.25) is 11.8 Å². The van der Waals surface area contributed by atoms with E-state index in [0.717, 1.165) is 4.90 Å². The number of nitrogens with zero attached hydrogens (tertiary/aromatic N) is 1. The Balaban J connectivity index is 1.90. The van der Waals surface area contributed by atoms with Crippen molar-refractivity contribution in [3.05, 3.63) is 53.6 Å². The number of hydrogen-bond donors (Lipinski definition) is 1. The number of imide groups is 1. The number of anilines is 1. The van der Waals surface area contributed by atoms with Gasteiger partial charge in [0, 0.05) is 23.2 Å². The molecule has 196 valence electrons. The fraction of sp³-hybridized carbons (Fsp3) is 0.429. The Morgan fingerprint density at radius 1 is 1.03 bits per heavy atom. The fourth-order valence-corrected chi connectivity index (χ4v) is 5.64. The molecule has 0 bridgehead atoms. The van der Waals surface area contributed by atoms with Gasteiger partial charge in [-0.3, -0.25) is 24.5 Å². The predicted octanol–water partition coefficient (Wildman–Crippen LogP) is 3.46. The van der Waals surface area contributed by atoms with Gasteiger partial charge in [-0.25, -0.2) is 4.90 Å². The normalized spacial score (nSPS) is 24.7. The molecule has 0 aliphatic carbocycles. The molecule has 0 saturated carbocycles. The SMILES string of the molecule is CCC[C@@]1(C(=O)OCC)N[C@@H](c2ccc(OC)cc2OC)[C@H]2C(=O)N(c3cccc(C(C)=O)c3)C(=O)[C@@H]21. The number of Topliss-reactive ketones (excluding diaryl/α,β-unsaturated/α-hetero) is 1. The molecule has 2 aliphatic heterocycles. The standard InChI is InChI=1S/C28H32N2O7/c1-6-13-28(27(34)37-7-2)23-22(24(29-28)20-12-11-19(35-4)15-21(20)36-5)25(32)30(26(23)33)18-10-8-9-17(14-18)16(3)31/h8-12,14-15,22-24,29H,6-7,13H2,1-5H3/t22-,23+,24-,28+/m0/s1. The van der Waals surface area contributed by atoms with E-state index in [1.54, 1.807) is 43.3 Å². The number of esters is 1. The molecule has 4 rings (SSSR count). The van der Waals surface area contributed by atoms with E-state index in [0.29, 0.717) is 41.2 Å². The van der Waals surface area contributed by atoms with Crippen LogP contribution < -0.4 is 19.7 Å². The minimum atomic E-state index is -1.41. The van der Waals surface area contributed by atoms with Gasteiger partial charge in [0.05, 0.1) is 38.3 Å². The van der Waals surface area contributed by atoms with E-state index < -0.39 is 41.2 Å². The van der Waals surface area contributed by atoms with Crippen LogP contribution in [-0.2, 0) is 19.1 Å². The fourth-order valence-electron chi connectivity index (χ4n) is 5.64. The molecular formula is C28H32N2O7. The highest BCUT2D eigenvalue weighted by Gasteiger charge is 2.69. The first-order valence-electron chi connectivity index (χ1n) is 12.4. The first kappa shape index (κ1) is 26.3. The molecule has 37 heavy (non-hydrogen) atoms. The molecule has 4 atom stereocenters. The second-order valence-electron chi connectivity index (χ2n) is 9.29. The summed E-state index contributed by atoms with van der Waals surface area (Å²) < 4.78 is 16.4. The molecule has 0 aromatic heterocycles. The lowest BCUT2D eigenvalue weighted by Crippen LogP contribution is -2.56. The van der Waals surface area contributed by atoms with E-state index in [4.69, 9.17) is 14.2 Å². The number of amides is 2. The number of rotatable bonds is 9. The number of fused-ring (bicyclic) bond motifs is 1. The van der Waals surface area contributed by atoms with Gasteiger partial charge in [0.15, 0.2) is 5.78 Å². The van der Waals surface area contributed by atoms with Crippen molar-refractivity contribution in [3.8, 4) is 11.5 Å². The lowest BCUT2D eigenvalue weighted by atomic mass is 9.77. The molecule has 0 radical (unpaired) electrons. The summed E-state index contributed by atoms with van der Waals surface area (Å²) in [7, 11) is 3.05. The summed E-state index contributed by atoms with van der Waals surface area (Å²) in [5.41, 5.74) is -0.107. The van der Waals surface area contributed by atoms with Crippen LogP contribution in [0.1, 0.15) is 55.6 Å². The van der Waals surface area contributed by atoms with Gasteiger partial charge in [0.1, 0.15) is 17.0 Å². The molecule has 0 spiro atoms. The Labute approximate surface area is 216 Å². The highest BCUT2D eigenvalue weighted by Crippen LogP contribution is 2.53. The van der Waals surface area contributed by atoms with Crippen LogP contribution in [-0.4, -0.2) is 49.9 Å². The van der Waals surface area contributed by atoms with E-state index in [1.807, 2.05) is 6.92 Å². The summed E-state index contributed by atoms with van der Waals surface area (Å²) in [6, 6.07) is 10.9. The van der Waals surface area contributed by atoms with Crippen molar-refractivity contribution >= 4 is 29.3 Å². The van der Waals surface area contributed by atoms with Crippen LogP contribution in [0.3, 0.4) is 0 Å². The average Bonchev–Trinajstić information content (AvgIpc) is 3.37. The lowest BCUT2D eigenvalue weighted by Gasteiger charge is -2.33. The molecule has 2 saturated heterocycles. The molecule has 9 heteroatoms. The van der Waals surface area contributed by atoms with Crippen molar-refractivity contribution < 1.29 is 33.4 Å². The van der Waals surface area contributed by atoms with Crippen LogP contribution in [0.15, 0.2) is 42.5 Å². The minimum Gasteiger partial charge on any atom is -0.497 e. The van der Waals surface area contributed by atoms with Crippen LogP contribution in [0.5, 0.6) is 11.5 Å². The van der Waals surface area contributed by atoms with Crippen LogP contribution in [0.2, 0.25) is 0 Å². The topological polar surface area (TPSA) is 111 Å². The third-order valence-electron chi connectivity index (χ3n) is 7.22. The summed E-state index contributed by atoms with van der Waals surface area (Å²) >= 11 is 0. The molecule has 9 nitrogen and oxygen atoms in total. The highest BCUT2D eigenvalue weighted by atomic mass is 16.5. The van der Waals surface area contributed by atoms with E-state index >= 15 is 0 Å². The molecule has 2 heterocycles. The van der Waals surface area contributed by atoms with Crippen LogP contribution in [0.4, 0.5) is 5.69 Å². The quantitative estimate of drug-likeness (QED) is 0.312. The molecular weight excluding hydrogens is 476 g/mol. The van der Waals surface area contributed by atoms with Crippen molar-refractivity contribution in [1.29, 1.82) is 0 Å². The van der Waals surface area contributed by atoms with Crippen molar-refractivity contribution in [2.75, 3.05) is 25.7 Å². The third kappa shape index (κ3) is 4.27. The first-order chi connectivity index (χ1) is 17.7. The Morgan fingerprint density at radius 3 is 2.41 bits per heavy atom. The number of methoxy groups -OCH3 is 2. The molecule has 0 unspecified atom stereocenters. The lowest BCUT2D eigenvalue weighted by molar-refractivity contribution is -0.155. The first-order valence-corrected chi connectivity index (χ1v) is 12.4. The smallest absolute Gasteiger partial charge is 0.327 e. The van der Waals surface area contributed by atoms with Gasteiger partial charge in [-0.2, -0.15) is 0 Å². The van der Waals surface area contributed by atoms with Crippen molar-refractivity contribution in [2.24, 2.45) is 11.8 Å². The predicted molar refractivity (Wildman–Crippen MR) is 136 cm³/mol. The van der Waals surface area contributed by atoms with Crippen LogP contribution in [0.25, 0.3) is 0 Å². The van der Waals surface area contributed by atoms with Gasteiger partial charge >= 0.3 is 5.97 Å². The summed E-state index contributed by atoms with van der Waals surface area (Å²) in [6.45, 7) is 5.17. The molecule has 2 fully saturated rings. The summed E-state index contributed by atoms with van der Waals surface area (Å²) in [4.78, 5) is 54.7. The molecule has 2 aromatic rings. The number of benzene rings is 2. The molecule has 1 N–H and O–H groups in total. The number of carbonyl (C=O) groups is 4. The number of ketones is 1. The highest BCUT2D eigenvalue weighted by molar-refractivity contribution is 6.24. The number of ether oxygens (including phenoxy) is 3. The summed E-state index contributed by atoms with van der Waals surface area (Å²) in [5, 5.41) is 3.37. The maximum Gasteiger partial charge on any atom is 0.327 e. The Hall–Kier alpha value is -3.72. The summed E-state index contributed by atoms with van der Waals surface area (Å²) in [6.07, 6.45) is 0.866. The van der Waals surface area contributed by atoms with Gasteiger partial charge in [-0.05, 0) is 38.5 Å². The van der Waals surface area contributed by atoms with Crippen molar-refractivity contribution in [3.63, 3.8) is 0 Å². The van der Waals surface area contributed by atoms with E-state index in [-0.39, 0.29) is 12.4 Å². The summed E-state index contributed by atoms with van der Waals surface area (Å²) in [5.74, 6) is -2.57. The number of carbonyl (C=O) groups excluding carboxylic acids is 4. The zero-order valence-electron chi connectivity index (χ0n) is 21.7. The Bertz CT molecular complexity index is 1240. The van der Waals surface area contributed by atoms with Crippen molar-refractivity contribution in [1.82, 2.24) is 5.32 Å². The largest absolute Gasteiger partial charge is 0.497 e. The monoisotopic (exact) mass is 508 g/mol. The van der Waals surface area contributed by atoms with E-state index in [2.05, 4.69) is 5.32 Å². The van der Waals surface area contributed by atoms with Crippen LogP contribution >= 0.6 is 0 Å². The maximum absolute atomic E-state index is 14.0. The second kappa shape index (κ2) is 10.3. The zero-order chi connectivity index (χ0) is 26.9. The Morgan fingerprint density at radius 2 is 1.78 bits per heavy atom. The minimum absolute atomic E-state index is 0.131. The van der Waals surface area contributed by atoms with E-state index in [9.17, 15) is 19.2 Å². The third-order valence-corrected chi connectivity index (χ3v) is 7.22. The van der Waals surface area contributed by atoms with Gasteiger partial charge in [-0.1, -0.05) is 31.5 Å². The molecule has 2 amide bonds. The van der Waals surface area contributed by atoms with Crippen molar-refractivity contribution in [2.45, 2.75) is 45.2 Å². The number of nitrogens with one attached hydrogen (secondary N) is 1. The van der Waals surface area contributed by atoms with Gasteiger partial charge in [0.25, 0.3) is 0 Å². The number of hydrogen-bond acceptors (Lipinski definition) is 8. The van der Waals surface area contributed by atoms with Gasteiger partial charge in [-0.15, -0.1) is 0 Å². The molecule has 2 aromatic carbocycles. The van der Waals surface area contributed by atoms with E-state index in [1.165, 1.54) is 27.2 Å². The van der Waals surface area contributed by atoms with Crippen LogP contribution in [0, 0.1) is 11.8 Å². The average molecular weight is 509 g/mol. The molecule has 2 aliphatic rings. The zero-order valence-corrected chi connectivity index (χ0v) is 21.7. The maximum atomic E-state index is 14.0. The second-order valence-corrected chi connectivity index (χ2v) is 9.29. The Kier molecular flexibility index (Phi) is 7.36. The van der Waals surface area contributed by atoms with Gasteiger partial charge < -0.3 is 14.2 Å².